The van der Waals surface area contributed by atoms with Crippen LogP contribution in [0.15, 0.2) is 42.5 Å². The van der Waals surface area contributed by atoms with Gasteiger partial charge in [0.05, 0.1) is 13.1 Å². The summed E-state index contributed by atoms with van der Waals surface area (Å²) in [6, 6.07) is 13.4. The summed E-state index contributed by atoms with van der Waals surface area (Å²) < 4.78 is 11.2. The molecule has 0 saturated carbocycles. The number of rotatable bonds is 2. The van der Waals surface area contributed by atoms with Crippen LogP contribution in [0.4, 0.5) is 10.5 Å². The molecule has 0 spiro atoms. The minimum Gasteiger partial charge on any atom is -0.491 e. The average molecular weight is 312 g/mol. The normalized spacial score (nSPS) is 13.7. The third-order valence-electron chi connectivity index (χ3n) is 3.81. The van der Waals surface area contributed by atoms with Gasteiger partial charge < -0.3 is 20.1 Å². The number of benzene rings is 2. The highest BCUT2D eigenvalue weighted by Crippen LogP contribution is 2.29. The third-order valence-corrected chi connectivity index (χ3v) is 3.81. The standard InChI is InChI=1S/C18H20N2O3/c1-13-9-16(19)10-15-11-20(7-8-22-17(13)15)18(21)23-12-14-5-3-2-4-6-14/h2-6,9-10H,7-8,11-12,19H2,1H3. The number of hydrogen-bond acceptors (Lipinski definition) is 4. The number of anilines is 1. The van der Waals surface area contributed by atoms with E-state index in [1.807, 2.05) is 49.4 Å². The first-order valence-electron chi connectivity index (χ1n) is 7.61. The third kappa shape index (κ3) is 3.56. The molecule has 0 unspecified atom stereocenters. The zero-order chi connectivity index (χ0) is 16.2. The molecule has 0 fully saturated rings. The van der Waals surface area contributed by atoms with E-state index >= 15 is 0 Å². The van der Waals surface area contributed by atoms with E-state index in [0.717, 1.165) is 22.4 Å². The van der Waals surface area contributed by atoms with Crippen LogP contribution in [-0.4, -0.2) is 24.1 Å². The molecule has 5 heteroatoms. The average Bonchev–Trinajstić information content (AvgIpc) is 2.76. The van der Waals surface area contributed by atoms with Gasteiger partial charge in [0.2, 0.25) is 0 Å². The van der Waals surface area contributed by atoms with Crippen molar-refractivity contribution in [3.05, 3.63) is 59.2 Å². The fraction of sp³-hybridized carbons (Fsp3) is 0.278. The van der Waals surface area contributed by atoms with Crippen molar-refractivity contribution in [2.45, 2.75) is 20.1 Å². The zero-order valence-corrected chi connectivity index (χ0v) is 13.1. The maximum Gasteiger partial charge on any atom is 0.410 e. The van der Waals surface area contributed by atoms with E-state index < -0.39 is 0 Å². The second-order valence-corrected chi connectivity index (χ2v) is 5.64. The van der Waals surface area contributed by atoms with Crippen LogP contribution in [-0.2, 0) is 17.9 Å². The Bertz CT molecular complexity index is 701. The lowest BCUT2D eigenvalue weighted by atomic mass is 10.1. The van der Waals surface area contributed by atoms with Crippen molar-refractivity contribution >= 4 is 11.8 Å². The van der Waals surface area contributed by atoms with Gasteiger partial charge in [-0.1, -0.05) is 30.3 Å². The minimum absolute atomic E-state index is 0.264. The topological polar surface area (TPSA) is 64.8 Å². The number of amides is 1. The van der Waals surface area contributed by atoms with E-state index in [9.17, 15) is 4.79 Å². The van der Waals surface area contributed by atoms with Gasteiger partial charge in [0.1, 0.15) is 19.0 Å². The molecule has 0 atom stereocenters. The number of ether oxygens (including phenoxy) is 2. The Kier molecular flexibility index (Phi) is 4.37. The predicted molar refractivity (Wildman–Crippen MR) is 88.1 cm³/mol. The van der Waals surface area contributed by atoms with Crippen LogP contribution in [0.5, 0.6) is 5.75 Å². The number of carbonyl (C=O) groups excluding carboxylic acids is 1. The monoisotopic (exact) mass is 312 g/mol. The molecule has 2 aromatic rings. The smallest absolute Gasteiger partial charge is 0.410 e. The summed E-state index contributed by atoms with van der Waals surface area (Å²) in [6.45, 7) is 3.59. The number of hydrogen-bond donors (Lipinski definition) is 1. The Morgan fingerprint density at radius 1 is 1.30 bits per heavy atom. The van der Waals surface area contributed by atoms with Gasteiger partial charge in [-0.15, -0.1) is 0 Å². The molecule has 2 N–H and O–H groups in total. The van der Waals surface area contributed by atoms with Gasteiger partial charge in [-0.3, -0.25) is 0 Å². The SMILES string of the molecule is Cc1cc(N)cc2c1OCCN(C(=O)OCc1ccccc1)C2. The number of nitrogens with zero attached hydrogens (tertiary/aromatic N) is 1. The van der Waals surface area contributed by atoms with E-state index in [1.165, 1.54) is 0 Å². The van der Waals surface area contributed by atoms with Crippen molar-refractivity contribution in [2.75, 3.05) is 18.9 Å². The number of fused-ring (bicyclic) bond motifs is 1. The fourth-order valence-electron chi connectivity index (χ4n) is 2.71. The van der Waals surface area contributed by atoms with E-state index in [-0.39, 0.29) is 12.7 Å². The van der Waals surface area contributed by atoms with Crippen molar-refractivity contribution in [1.82, 2.24) is 4.90 Å². The molecule has 3 rings (SSSR count). The van der Waals surface area contributed by atoms with Crippen LogP contribution in [0.25, 0.3) is 0 Å². The molecule has 0 aliphatic carbocycles. The van der Waals surface area contributed by atoms with Gasteiger partial charge in [0, 0.05) is 11.3 Å². The highest BCUT2D eigenvalue weighted by molar-refractivity contribution is 5.68. The first kappa shape index (κ1) is 15.2. The summed E-state index contributed by atoms with van der Waals surface area (Å²) >= 11 is 0. The van der Waals surface area contributed by atoms with E-state index in [0.29, 0.717) is 25.4 Å². The molecule has 23 heavy (non-hydrogen) atoms. The van der Waals surface area contributed by atoms with Crippen LogP contribution in [0, 0.1) is 6.92 Å². The fourth-order valence-corrected chi connectivity index (χ4v) is 2.71. The summed E-state index contributed by atoms with van der Waals surface area (Å²) in [5.41, 5.74) is 9.43. The number of nitrogen functional groups attached to an aromatic ring is 1. The molecule has 1 aliphatic heterocycles. The van der Waals surface area contributed by atoms with Crippen molar-refractivity contribution in [3.8, 4) is 5.75 Å². The molecule has 2 aromatic carbocycles. The molecule has 1 heterocycles. The Labute approximate surface area is 135 Å². The summed E-state index contributed by atoms with van der Waals surface area (Å²) in [6.07, 6.45) is -0.342. The molecule has 0 radical (unpaired) electrons. The van der Waals surface area contributed by atoms with Gasteiger partial charge in [-0.05, 0) is 30.2 Å². The lowest BCUT2D eigenvalue weighted by Crippen LogP contribution is -2.32. The number of aryl methyl sites for hydroxylation is 1. The van der Waals surface area contributed by atoms with E-state index in [1.54, 1.807) is 4.90 Å². The summed E-state index contributed by atoms with van der Waals surface area (Å²) in [4.78, 5) is 14.0. The van der Waals surface area contributed by atoms with Gasteiger partial charge >= 0.3 is 6.09 Å². The minimum atomic E-state index is -0.342. The quantitative estimate of drug-likeness (QED) is 0.865. The lowest BCUT2D eigenvalue weighted by Gasteiger charge is -2.19. The van der Waals surface area contributed by atoms with Gasteiger partial charge in [-0.2, -0.15) is 0 Å². The Hall–Kier alpha value is -2.69. The Morgan fingerprint density at radius 2 is 2.09 bits per heavy atom. The second-order valence-electron chi connectivity index (χ2n) is 5.64. The molecule has 120 valence electrons. The number of nitrogens with two attached hydrogens (primary N) is 1. The summed E-state index contributed by atoms with van der Waals surface area (Å²) in [5.74, 6) is 0.817. The van der Waals surface area contributed by atoms with Crippen LogP contribution < -0.4 is 10.5 Å². The number of carbonyl (C=O) groups is 1. The van der Waals surface area contributed by atoms with Gasteiger partial charge in [0.15, 0.2) is 0 Å². The molecule has 0 aromatic heterocycles. The first-order valence-corrected chi connectivity index (χ1v) is 7.61. The molecule has 1 aliphatic rings. The maximum absolute atomic E-state index is 12.3. The second kappa shape index (κ2) is 6.60. The molecule has 5 nitrogen and oxygen atoms in total. The van der Waals surface area contributed by atoms with Crippen molar-refractivity contribution in [1.29, 1.82) is 0 Å². The molecular weight excluding hydrogens is 292 g/mol. The zero-order valence-electron chi connectivity index (χ0n) is 13.1. The van der Waals surface area contributed by atoms with E-state index in [2.05, 4.69) is 0 Å². The van der Waals surface area contributed by atoms with Crippen LogP contribution in [0.1, 0.15) is 16.7 Å². The highest BCUT2D eigenvalue weighted by atomic mass is 16.6. The first-order chi connectivity index (χ1) is 11.1. The maximum atomic E-state index is 12.3. The largest absolute Gasteiger partial charge is 0.491 e. The Morgan fingerprint density at radius 3 is 2.87 bits per heavy atom. The van der Waals surface area contributed by atoms with Crippen molar-refractivity contribution < 1.29 is 14.3 Å². The highest BCUT2D eigenvalue weighted by Gasteiger charge is 2.22. The van der Waals surface area contributed by atoms with Crippen LogP contribution in [0.3, 0.4) is 0 Å². The van der Waals surface area contributed by atoms with Gasteiger partial charge in [-0.25, -0.2) is 4.79 Å². The molecular formula is C18H20N2O3. The van der Waals surface area contributed by atoms with Crippen LogP contribution >= 0.6 is 0 Å². The Balaban J connectivity index is 1.69. The molecule has 0 bridgehead atoms. The molecule has 1 amide bonds. The summed E-state index contributed by atoms with van der Waals surface area (Å²) in [7, 11) is 0. The lowest BCUT2D eigenvalue weighted by molar-refractivity contribution is 0.0913. The predicted octanol–water partition coefficient (Wildman–Crippen LogP) is 3.11. The van der Waals surface area contributed by atoms with Crippen molar-refractivity contribution in [3.63, 3.8) is 0 Å². The van der Waals surface area contributed by atoms with Crippen molar-refractivity contribution in [2.24, 2.45) is 0 Å². The van der Waals surface area contributed by atoms with Gasteiger partial charge in [0.25, 0.3) is 0 Å². The molecule has 0 saturated heterocycles. The van der Waals surface area contributed by atoms with E-state index in [4.69, 9.17) is 15.2 Å². The summed E-state index contributed by atoms with van der Waals surface area (Å²) in [5, 5.41) is 0. The van der Waals surface area contributed by atoms with Crippen LogP contribution in [0.2, 0.25) is 0 Å².